The van der Waals surface area contributed by atoms with Gasteiger partial charge < -0.3 is 4.74 Å². The topological polar surface area (TPSA) is 26.3 Å². The smallest absolute Gasteiger partial charge is 0.188 e. The molecule has 1 aromatic rings. The van der Waals surface area contributed by atoms with E-state index < -0.39 is 0 Å². The standard InChI is InChI=1S/C15H22O2S/c1-4-12(5-2)10-17-11-15(16)13-6-8-14(18-3)9-7-13/h6-9,12H,4-5,10-11H2,1-3H3. The third kappa shape index (κ3) is 4.83. The summed E-state index contributed by atoms with van der Waals surface area (Å²) in [5, 5.41) is 0. The second-order valence-corrected chi connectivity index (χ2v) is 5.23. The van der Waals surface area contributed by atoms with Gasteiger partial charge in [-0.1, -0.05) is 38.8 Å². The Kier molecular flexibility index (Phi) is 7.06. The molecule has 0 saturated carbocycles. The first kappa shape index (κ1) is 15.3. The maximum absolute atomic E-state index is 11.9. The summed E-state index contributed by atoms with van der Waals surface area (Å²) in [6.07, 6.45) is 4.23. The van der Waals surface area contributed by atoms with Gasteiger partial charge in [-0.05, 0) is 24.3 Å². The number of ether oxygens (including phenoxy) is 1. The molecule has 0 spiro atoms. The number of rotatable bonds is 8. The first-order chi connectivity index (χ1) is 8.71. The Labute approximate surface area is 114 Å². The van der Waals surface area contributed by atoms with Gasteiger partial charge in [0.05, 0.1) is 0 Å². The SMILES string of the molecule is CCC(CC)COCC(=O)c1ccc(SC)cc1. The van der Waals surface area contributed by atoms with Crippen LogP contribution in [0.15, 0.2) is 29.2 Å². The molecule has 3 heteroatoms. The fourth-order valence-electron chi connectivity index (χ4n) is 1.70. The summed E-state index contributed by atoms with van der Waals surface area (Å²) >= 11 is 1.67. The fraction of sp³-hybridized carbons (Fsp3) is 0.533. The highest BCUT2D eigenvalue weighted by atomic mass is 32.2. The van der Waals surface area contributed by atoms with Crippen LogP contribution in [0, 0.1) is 5.92 Å². The van der Waals surface area contributed by atoms with E-state index in [2.05, 4.69) is 13.8 Å². The van der Waals surface area contributed by atoms with E-state index in [4.69, 9.17) is 4.74 Å². The van der Waals surface area contributed by atoms with Crippen molar-refractivity contribution in [3.8, 4) is 0 Å². The van der Waals surface area contributed by atoms with Gasteiger partial charge >= 0.3 is 0 Å². The molecule has 2 nitrogen and oxygen atoms in total. The summed E-state index contributed by atoms with van der Waals surface area (Å²) < 4.78 is 5.50. The molecule has 0 heterocycles. The van der Waals surface area contributed by atoms with Crippen LogP contribution in [0.25, 0.3) is 0 Å². The van der Waals surface area contributed by atoms with Gasteiger partial charge in [-0.2, -0.15) is 0 Å². The Balaban J connectivity index is 2.40. The Morgan fingerprint density at radius 1 is 1.22 bits per heavy atom. The number of hydrogen-bond donors (Lipinski definition) is 0. The lowest BCUT2D eigenvalue weighted by molar-refractivity contribution is 0.0666. The zero-order valence-electron chi connectivity index (χ0n) is 11.4. The molecular weight excluding hydrogens is 244 g/mol. The minimum Gasteiger partial charge on any atom is -0.373 e. The summed E-state index contributed by atoms with van der Waals surface area (Å²) in [5.74, 6) is 0.630. The average Bonchev–Trinajstić information content (AvgIpc) is 2.43. The second-order valence-electron chi connectivity index (χ2n) is 4.35. The van der Waals surface area contributed by atoms with Crippen LogP contribution in [0.1, 0.15) is 37.0 Å². The van der Waals surface area contributed by atoms with Crippen LogP contribution in [0.4, 0.5) is 0 Å². The summed E-state index contributed by atoms with van der Waals surface area (Å²) in [7, 11) is 0. The van der Waals surface area contributed by atoms with Crippen LogP contribution in [0.2, 0.25) is 0 Å². The number of thioether (sulfide) groups is 1. The summed E-state index contributed by atoms with van der Waals surface area (Å²) in [5.41, 5.74) is 0.734. The van der Waals surface area contributed by atoms with Gasteiger partial charge in [0.25, 0.3) is 0 Å². The maximum atomic E-state index is 11.9. The predicted octanol–water partition coefficient (Wildman–Crippen LogP) is 4.04. The van der Waals surface area contributed by atoms with E-state index in [-0.39, 0.29) is 12.4 Å². The van der Waals surface area contributed by atoms with Gasteiger partial charge in [0.15, 0.2) is 5.78 Å². The van der Waals surface area contributed by atoms with E-state index in [0.717, 1.165) is 18.4 Å². The molecule has 0 N–H and O–H groups in total. The zero-order valence-corrected chi connectivity index (χ0v) is 12.3. The molecule has 0 saturated heterocycles. The first-order valence-electron chi connectivity index (χ1n) is 6.46. The monoisotopic (exact) mass is 266 g/mol. The molecule has 0 bridgehead atoms. The third-order valence-electron chi connectivity index (χ3n) is 3.15. The largest absolute Gasteiger partial charge is 0.373 e. The molecule has 0 unspecified atom stereocenters. The summed E-state index contributed by atoms with van der Waals surface area (Å²) in [6.45, 7) is 5.18. The van der Waals surface area contributed by atoms with Crippen molar-refractivity contribution in [3.63, 3.8) is 0 Å². The Morgan fingerprint density at radius 3 is 2.33 bits per heavy atom. The van der Waals surface area contributed by atoms with Crippen molar-refractivity contribution in [1.29, 1.82) is 0 Å². The minimum absolute atomic E-state index is 0.0635. The van der Waals surface area contributed by atoms with E-state index in [1.165, 1.54) is 4.90 Å². The molecule has 0 aliphatic carbocycles. The molecule has 0 fully saturated rings. The van der Waals surface area contributed by atoms with Crippen LogP contribution in [0.3, 0.4) is 0 Å². The lowest BCUT2D eigenvalue weighted by Gasteiger charge is -2.12. The van der Waals surface area contributed by atoms with E-state index in [0.29, 0.717) is 12.5 Å². The molecule has 1 aromatic carbocycles. The van der Waals surface area contributed by atoms with E-state index >= 15 is 0 Å². The molecule has 1 rings (SSSR count). The Morgan fingerprint density at radius 2 is 1.83 bits per heavy atom. The van der Waals surface area contributed by atoms with Gasteiger partial charge in [-0.3, -0.25) is 4.79 Å². The summed E-state index contributed by atoms with van der Waals surface area (Å²) in [4.78, 5) is 13.0. The second kappa shape index (κ2) is 8.33. The average molecular weight is 266 g/mol. The van der Waals surface area contributed by atoms with Crippen molar-refractivity contribution in [2.45, 2.75) is 31.6 Å². The number of hydrogen-bond acceptors (Lipinski definition) is 3. The highest BCUT2D eigenvalue weighted by molar-refractivity contribution is 7.98. The number of benzene rings is 1. The lowest BCUT2D eigenvalue weighted by Crippen LogP contribution is -2.14. The molecule has 0 amide bonds. The van der Waals surface area contributed by atoms with Crippen molar-refractivity contribution in [3.05, 3.63) is 29.8 Å². The van der Waals surface area contributed by atoms with Gasteiger partial charge in [-0.25, -0.2) is 0 Å². The van der Waals surface area contributed by atoms with Crippen LogP contribution in [0.5, 0.6) is 0 Å². The van der Waals surface area contributed by atoms with E-state index in [9.17, 15) is 4.79 Å². The predicted molar refractivity (Wildman–Crippen MR) is 77.4 cm³/mol. The lowest BCUT2D eigenvalue weighted by atomic mass is 10.1. The molecule has 0 atom stereocenters. The van der Waals surface area contributed by atoms with Crippen molar-refractivity contribution < 1.29 is 9.53 Å². The van der Waals surface area contributed by atoms with Crippen molar-refractivity contribution in [2.75, 3.05) is 19.5 Å². The quantitative estimate of drug-likeness (QED) is 0.524. The van der Waals surface area contributed by atoms with Crippen molar-refractivity contribution in [1.82, 2.24) is 0 Å². The highest BCUT2D eigenvalue weighted by Gasteiger charge is 2.08. The van der Waals surface area contributed by atoms with Crippen LogP contribution < -0.4 is 0 Å². The zero-order chi connectivity index (χ0) is 13.4. The Hall–Kier alpha value is -0.800. The maximum Gasteiger partial charge on any atom is 0.188 e. The highest BCUT2D eigenvalue weighted by Crippen LogP contribution is 2.15. The molecule has 0 radical (unpaired) electrons. The van der Waals surface area contributed by atoms with Crippen LogP contribution in [-0.2, 0) is 4.74 Å². The van der Waals surface area contributed by atoms with Crippen molar-refractivity contribution >= 4 is 17.5 Å². The third-order valence-corrected chi connectivity index (χ3v) is 3.90. The molecule has 0 aromatic heterocycles. The van der Waals surface area contributed by atoms with Crippen molar-refractivity contribution in [2.24, 2.45) is 5.92 Å². The molecular formula is C15H22O2S. The van der Waals surface area contributed by atoms with Gasteiger partial charge in [0.1, 0.15) is 6.61 Å². The molecule has 0 aliphatic rings. The van der Waals surface area contributed by atoms with E-state index in [1.54, 1.807) is 11.8 Å². The van der Waals surface area contributed by atoms with Gasteiger partial charge in [0, 0.05) is 17.1 Å². The van der Waals surface area contributed by atoms with Gasteiger partial charge in [0.2, 0.25) is 0 Å². The normalized spacial score (nSPS) is 10.9. The summed E-state index contributed by atoms with van der Waals surface area (Å²) in [6, 6.07) is 7.68. The first-order valence-corrected chi connectivity index (χ1v) is 7.68. The van der Waals surface area contributed by atoms with E-state index in [1.807, 2.05) is 30.5 Å². The van der Waals surface area contributed by atoms with Crippen LogP contribution in [-0.4, -0.2) is 25.3 Å². The molecule has 100 valence electrons. The number of ketones is 1. The Bertz CT molecular complexity index is 355. The number of carbonyl (C=O) groups excluding carboxylic acids is 1. The minimum atomic E-state index is 0.0635. The van der Waals surface area contributed by atoms with Crippen LogP contribution >= 0.6 is 11.8 Å². The molecule has 0 aliphatic heterocycles. The fourth-order valence-corrected chi connectivity index (χ4v) is 2.11. The number of carbonyl (C=O) groups is 1. The molecule has 18 heavy (non-hydrogen) atoms. The van der Waals surface area contributed by atoms with Gasteiger partial charge in [-0.15, -0.1) is 11.8 Å². The number of Topliss-reactive ketones (excluding diaryl/α,β-unsaturated/α-hetero) is 1.